The van der Waals surface area contributed by atoms with Crippen molar-refractivity contribution in [3.8, 4) is 0 Å². The first-order valence-electron chi connectivity index (χ1n) is 6.46. The summed E-state index contributed by atoms with van der Waals surface area (Å²) in [5, 5.41) is 0. The second-order valence-corrected chi connectivity index (χ2v) is 11.2. The molecule has 0 N–H and O–H groups in total. The Bertz CT molecular complexity index is 473. The van der Waals surface area contributed by atoms with Crippen molar-refractivity contribution < 1.29 is 4.79 Å². The fourth-order valence-electron chi connectivity index (χ4n) is 2.66. The van der Waals surface area contributed by atoms with Gasteiger partial charge in [-0.05, 0) is 12.5 Å². The molecule has 0 aliphatic carbocycles. The van der Waals surface area contributed by atoms with Crippen molar-refractivity contribution >= 4 is 14.0 Å². The molecule has 1 heterocycles. The highest BCUT2D eigenvalue weighted by Gasteiger charge is 2.48. The zero-order valence-electron chi connectivity index (χ0n) is 11.6. The fraction of sp³-hybridized carbons (Fsp3) is 0.400. The lowest BCUT2D eigenvalue weighted by Crippen LogP contribution is -2.64. The van der Waals surface area contributed by atoms with E-state index in [-0.39, 0.29) is 5.91 Å². The third-order valence-corrected chi connectivity index (χ3v) is 5.70. The lowest BCUT2D eigenvalue weighted by atomic mass is 10.0. The van der Waals surface area contributed by atoms with Gasteiger partial charge in [-0.1, -0.05) is 56.0 Å². The number of benzene rings is 1. The second kappa shape index (κ2) is 4.73. The van der Waals surface area contributed by atoms with Gasteiger partial charge in [0.05, 0.1) is 13.7 Å². The van der Waals surface area contributed by atoms with Crippen LogP contribution in [0.15, 0.2) is 42.0 Å². The van der Waals surface area contributed by atoms with Crippen molar-refractivity contribution in [3.63, 3.8) is 0 Å². The number of amides is 1. The van der Waals surface area contributed by atoms with Crippen LogP contribution in [-0.2, 0) is 11.3 Å². The first-order valence-corrected chi connectivity index (χ1v) is 10.0. The zero-order chi connectivity index (χ0) is 13.3. The van der Waals surface area contributed by atoms with Gasteiger partial charge in [0, 0.05) is 12.1 Å². The molecule has 18 heavy (non-hydrogen) atoms. The normalized spacial score (nSPS) is 22.2. The first-order chi connectivity index (χ1) is 8.45. The lowest BCUT2D eigenvalue weighted by molar-refractivity contribution is -0.135. The van der Waals surface area contributed by atoms with Crippen molar-refractivity contribution in [2.45, 2.75) is 38.8 Å². The van der Waals surface area contributed by atoms with Crippen LogP contribution in [0.1, 0.15) is 12.5 Å². The third-order valence-electron chi connectivity index (χ3n) is 3.44. The van der Waals surface area contributed by atoms with E-state index in [1.807, 2.05) is 36.1 Å². The van der Waals surface area contributed by atoms with Crippen molar-refractivity contribution in [2.75, 3.05) is 0 Å². The van der Waals surface area contributed by atoms with E-state index in [9.17, 15) is 4.79 Å². The Morgan fingerprint density at radius 2 is 1.83 bits per heavy atom. The molecule has 2 rings (SSSR count). The molecule has 0 bridgehead atoms. The molecule has 1 atom stereocenters. The summed E-state index contributed by atoms with van der Waals surface area (Å²) in [6, 6.07) is 10.2. The fourth-order valence-corrected chi connectivity index (χ4v) is 5.03. The smallest absolute Gasteiger partial charge is 0.251 e. The Morgan fingerprint density at radius 1 is 1.22 bits per heavy atom. The SMILES string of the molecule is C/C=C1\C(=O)N(Cc2ccccc2)C1[Si](C)(C)C. The molecule has 2 nitrogen and oxygen atoms in total. The van der Waals surface area contributed by atoms with E-state index in [2.05, 4.69) is 31.8 Å². The van der Waals surface area contributed by atoms with E-state index in [4.69, 9.17) is 0 Å². The number of rotatable bonds is 3. The Labute approximate surface area is 110 Å². The molecule has 1 aliphatic heterocycles. The Balaban J connectivity index is 2.20. The van der Waals surface area contributed by atoms with Crippen LogP contribution in [0.4, 0.5) is 0 Å². The first kappa shape index (κ1) is 13.1. The van der Waals surface area contributed by atoms with Gasteiger partial charge in [-0.3, -0.25) is 4.79 Å². The average Bonchev–Trinajstić information content (AvgIpc) is 2.32. The molecule has 1 fully saturated rings. The number of allylic oxidation sites excluding steroid dienone is 1. The molecule has 0 spiro atoms. The predicted molar refractivity (Wildman–Crippen MR) is 77.9 cm³/mol. The van der Waals surface area contributed by atoms with Crippen LogP contribution in [0.3, 0.4) is 0 Å². The van der Waals surface area contributed by atoms with E-state index in [1.54, 1.807) is 0 Å². The molecule has 1 amide bonds. The van der Waals surface area contributed by atoms with Crippen molar-refractivity contribution in [3.05, 3.63) is 47.5 Å². The molecule has 1 unspecified atom stereocenters. The molecule has 0 radical (unpaired) electrons. The highest BCUT2D eigenvalue weighted by molar-refractivity contribution is 6.79. The van der Waals surface area contributed by atoms with Gasteiger partial charge in [0.25, 0.3) is 5.91 Å². The summed E-state index contributed by atoms with van der Waals surface area (Å²) in [5.74, 6) is 0.216. The topological polar surface area (TPSA) is 20.3 Å². The van der Waals surface area contributed by atoms with Gasteiger partial charge in [-0.25, -0.2) is 0 Å². The van der Waals surface area contributed by atoms with Crippen LogP contribution in [-0.4, -0.2) is 24.5 Å². The van der Waals surface area contributed by atoms with Gasteiger partial charge in [-0.15, -0.1) is 0 Å². The van der Waals surface area contributed by atoms with E-state index in [0.717, 1.165) is 12.1 Å². The standard InChI is InChI=1S/C15H21NOSi/c1-5-13-14(17)16(15(13)18(2,3)4)11-12-9-7-6-8-10-12/h5-10,15H,11H2,1-4H3/b13-5+. The highest BCUT2D eigenvalue weighted by atomic mass is 28.3. The molecule has 1 saturated heterocycles. The molecule has 3 heteroatoms. The summed E-state index contributed by atoms with van der Waals surface area (Å²) in [7, 11) is -1.38. The molecule has 0 saturated carbocycles. The molecular formula is C15H21NOSi. The van der Waals surface area contributed by atoms with Crippen LogP contribution in [0.2, 0.25) is 19.6 Å². The van der Waals surface area contributed by atoms with E-state index in [1.165, 1.54) is 5.56 Å². The van der Waals surface area contributed by atoms with E-state index >= 15 is 0 Å². The van der Waals surface area contributed by atoms with Crippen LogP contribution < -0.4 is 0 Å². The van der Waals surface area contributed by atoms with Crippen molar-refractivity contribution in [1.82, 2.24) is 4.90 Å². The molecular weight excluding hydrogens is 238 g/mol. The zero-order valence-corrected chi connectivity index (χ0v) is 12.6. The summed E-state index contributed by atoms with van der Waals surface area (Å²) in [6.45, 7) is 9.69. The number of carbonyl (C=O) groups excluding carboxylic acids is 1. The highest BCUT2D eigenvalue weighted by Crippen LogP contribution is 2.34. The number of hydrogen-bond acceptors (Lipinski definition) is 1. The summed E-state index contributed by atoms with van der Waals surface area (Å²) in [4.78, 5) is 14.2. The maximum Gasteiger partial charge on any atom is 0.251 e. The van der Waals surface area contributed by atoms with E-state index in [0.29, 0.717) is 5.67 Å². The quantitative estimate of drug-likeness (QED) is 0.464. The number of likely N-dealkylation sites (tertiary alicyclic amines) is 1. The van der Waals surface area contributed by atoms with Gasteiger partial charge < -0.3 is 4.90 Å². The largest absolute Gasteiger partial charge is 0.330 e. The Hall–Kier alpha value is -1.35. The molecule has 96 valence electrons. The summed E-state index contributed by atoms with van der Waals surface area (Å²) < 4.78 is 0. The Morgan fingerprint density at radius 3 is 2.33 bits per heavy atom. The van der Waals surface area contributed by atoms with Crippen LogP contribution in [0, 0.1) is 0 Å². The van der Waals surface area contributed by atoms with Crippen LogP contribution >= 0.6 is 0 Å². The van der Waals surface area contributed by atoms with Gasteiger partial charge in [0.15, 0.2) is 0 Å². The molecule has 1 aromatic carbocycles. The average molecular weight is 259 g/mol. The van der Waals surface area contributed by atoms with Gasteiger partial charge >= 0.3 is 0 Å². The Kier molecular flexibility index (Phi) is 3.44. The number of hydrogen-bond donors (Lipinski definition) is 0. The number of carbonyl (C=O) groups is 1. The minimum atomic E-state index is -1.38. The molecule has 1 aromatic rings. The van der Waals surface area contributed by atoms with Crippen LogP contribution in [0.25, 0.3) is 0 Å². The molecule has 0 aromatic heterocycles. The van der Waals surface area contributed by atoms with Gasteiger partial charge in [0.1, 0.15) is 0 Å². The van der Waals surface area contributed by atoms with E-state index < -0.39 is 8.07 Å². The summed E-state index contributed by atoms with van der Waals surface area (Å²) in [6.07, 6.45) is 1.99. The van der Waals surface area contributed by atoms with Gasteiger partial charge in [-0.2, -0.15) is 0 Å². The van der Waals surface area contributed by atoms with Crippen molar-refractivity contribution in [2.24, 2.45) is 0 Å². The van der Waals surface area contributed by atoms with Gasteiger partial charge in [0.2, 0.25) is 0 Å². The summed E-state index contributed by atoms with van der Waals surface area (Å²) >= 11 is 0. The minimum absolute atomic E-state index is 0.216. The summed E-state index contributed by atoms with van der Waals surface area (Å²) in [5.41, 5.74) is 2.60. The van der Waals surface area contributed by atoms with Crippen LogP contribution in [0.5, 0.6) is 0 Å². The third kappa shape index (κ3) is 2.27. The number of β-lactam (4-membered cyclic amide) rings is 1. The maximum atomic E-state index is 12.1. The van der Waals surface area contributed by atoms with Crippen molar-refractivity contribution in [1.29, 1.82) is 0 Å². The second-order valence-electron chi connectivity index (χ2n) is 5.93. The minimum Gasteiger partial charge on any atom is -0.330 e. The maximum absolute atomic E-state index is 12.1. The molecule has 1 aliphatic rings. The monoisotopic (exact) mass is 259 g/mol. The lowest BCUT2D eigenvalue weighted by Gasteiger charge is -2.49. The number of nitrogens with zero attached hydrogens (tertiary/aromatic N) is 1. The predicted octanol–water partition coefficient (Wildman–Crippen LogP) is 3.22.